The molecule has 1 heterocycles. The summed E-state index contributed by atoms with van der Waals surface area (Å²) in [7, 11) is 3.25. The van der Waals surface area contributed by atoms with Crippen LogP contribution in [0.15, 0.2) is 66.7 Å². The van der Waals surface area contributed by atoms with E-state index in [1.807, 2.05) is 71.6 Å². The molecule has 0 fully saturated rings. The standard InChI is InChI=1S/C29H33N3O4/c1-5-16-31(20-23-12-14-24(34-3)19-27(23)35-4)29(33)22-13-15-25-26(18-22)32(36-17-6-2)28(30-25)21-10-8-7-9-11-21/h7-15,18-19H,5-6,16-17,20H2,1-4H3. The zero-order valence-electron chi connectivity index (χ0n) is 21.4. The number of benzene rings is 3. The highest BCUT2D eigenvalue weighted by Crippen LogP contribution is 2.28. The molecule has 0 aliphatic rings. The van der Waals surface area contributed by atoms with Crippen molar-refractivity contribution in [3.8, 4) is 22.9 Å². The minimum Gasteiger partial charge on any atom is -0.497 e. The molecule has 7 heteroatoms. The summed E-state index contributed by atoms with van der Waals surface area (Å²) in [6, 6.07) is 21.2. The van der Waals surface area contributed by atoms with E-state index in [1.165, 1.54) is 0 Å². The predicted molar refractivity (Wildman–Crippen MR) is 141 cm³/mol. The number of nitrogens with zero attached hydrogens (tertiary/aromatic N) is 3. The number of rotatable bonds is 11. The van der Waals surface area contributed by atoms with Gasteiger partial charge in [-0.05, 0) is 43.2 Å². The zero-order valence-corrected chi connectivity index (χ0v) is 21.4. The second kappa shape index (κ2) is 11.6. The lowest BCUT2D eigenvalue weighted by Gasteiger charge is -2.23. The Morgan fingerprint density at radius 2 is 1.75 bits per heavy atom. The fourth-order valence-corrected chi connectivity index (χ4v) is 4.16. The highest BCUT2D eigenvalue weighted by Gasteiger charge is 2.21. The summed E-state index contributed by atoms with van der Waals surface area (Å²) in [5, 5.41) is 0. The summed E-state index contributed by atoms with van der Waals surface area (Å²) in [6.07, 6.45) is 1.70. The van der Waals surface area contributed by atoms with Gasteiger partial charge in [-0.1, -0.05) is 44.2 Å². The van der Waals surface area contributed by atoms with Gasteiger partial charge in [-0.15, -0.1) is 0 Å². The molecular formula is C29H33N3O4. The molecule has 0 bridgehead atoms. The number of carbonyl (C=O) groups excluding carboxylic acids is 1. The van der Waals surface area contributed by atoms with Crippen LogP contribution >= 0.6 is 0 Å². The molecule has 4 aromatic rings. The third-order valence-electron chi connectivity index (χ3n) is 5.95. The third kappa shape index (κ3) is 5.30. The molecule has 3 aromatic carbocycles. The van der Waals surface area contributed by atoms with Crippen LogP contribution in [0, 0.1) is 0 Å². The van der Waals surface area contributed by atoms with Gasteiger partial charge < -0.3 is 19.2 Å². The van der Waals surface area contributed by atoms with Gasteiger partial charge >= 0.3 is 0 Å². The maximum Gasteiger partial charge on any atom is 0.254 e. The zero-order chi connectivity index (χ0) is 25.5. The number of imidazole rings is 1. The largest absolute Gasteiger partial charge is 0.497 e. The van der Waals surface area contributed by atoms with Crippen molar-refractivity contribution in [1.29, 1.82) is 0 Å². The van der Waals surface area contributed by atoms with Gasteiger partial charge in [0.25, 0.3) is 5.91 Å². The molecule has 0 radical (unpaired) electrons. The topological polar surface area (TPSA) is 65.8 Å². The van der Waals surface area contributed by atoms with E-state index < -0.39 is 0 Å². The van der Waals surface area contributed by atoms with Crippen molar-refractivity contribution in [3.05, 3.63) is 77.9 Å². The van der Waals surface area contributed by atoms with E-state index in [0.717, 1.165) is 40.8 Å². The molecule has 1 amide bonds. The average Bonchev–Trinajstić information content (AvgIpc) is 3.29. The molecule has 1 aromatic heterocycles. The number of fused-ring (bicyclic) bond motifs is 1. The fraction of sp³-hybridized carbons (Fsp3) is 0.310. The van der Waals surface area contributed by atoms with E-state index in [2.05, 4.69) is 13.8 Å². The van der Waals surface area contributed by atoms with Gasteiger partial charge in [-0.2, -0.15) is 4.73 Å². The molecular weight excluding hydrogens is 454 g/mol. The minimum atomic E-state index is -0.0545. The summed E-state index contributed by atoms with van der Waals surface area (Å²) in [6.45, 7) is 5.72. The Morgan fingerprint density at radius 3 is 2.44 bits per heavy atom. The summed E-state index contributed by atoms with van der Waals surface area (Å²) in [5.41, 5.74) is 4.01. The van der Waals surface area contributed by atoms with Crippen LogP contribution in [0.3, 0.4) is 0 Å². The van der Waals surface area contributed by atoms with E-state index in [0.29, 0.717) is 36.8 Å². The second-order valence-corrected chi connectivity index (χ2v) is 8.54. The SMILES string of the molecule is CCCOn1c(-c2ccccc2)nc2ccc(C(=O)N(CCC)Cc3ccc(OC)cc3OC)cc21. The molecule has 0 aliphatic heterocycles. The van der Waals surface area contributed by atoms with E-state index >= 15 is 0 Å². The molecule has 0 spiro atoms. The maximum atomic E-state index is 13.7. The third-order valence-corrected chi connectivity index (χ3v) is 5.95. The lowest BCUT2D eigenvalue weighted by Crippen LogP contribution is -2.31. The van der Waals surface area contributed by atoms with Gasteiger partial charge in [0, 0.05) is 35.8 Å². The number of ether oxygens (including phenoxy) is 2. The van der Waals surface area contributed by atoms with Crippen LogP contribution in [-0.2, 0) is 6.54 Å². The normalized spacial score (nSPS) is 10.9. The van der Waals surface area contributed by atoms with Gasteiger partial charge in [-0.3, -0.25) is 4.79 Å². The van der Waals surface area contributed by atoms with Crippen molar-refractivity contribution in [1.82, 2.24) is 14.6 Å². The van der Waals surface area contributed by atoms with Gasteiger partial charge in [-0.25, -0.2) is 4.98 Å². The first-order chi connectivity index (χ1) is 17.6. The summed E-state index contributed by atoms with van der Waals surface area (Å²) < 4.78 is 12.6. The Balaban J connectivity index is 1.70. The molecule has 0 saturated heterocycles. The van der Waals surface area contributed by atoms with Gasteiger partial charge in [0.15, 0.2) is 5.82 Å². The lowest BCUT2D eigenvalue weighted by molar-refractivity contribution is 0.0742. The summed E-state index contributed by atoms with van der Waals surface area (Å²) in [5.74, 6) is 2.07. The monoisotopic (exact) mass is 487 g/mol. The van der Waals surface area contributed by atoms with Crippen LogP contribution in [0.25, 0.3) is 22.4 Å². The molecule has 0 aliphatic carbocycles. The van der Waals surface area contributed by atoms with E-state index in [9.17, 15) is 4.79 Å². The first kappa shape index (κ1) is 25.1. The fourth-order valence-electron chi connectivity index (χ4n) is 4.16. The molecule has 0 saturated carbocycles. The second-order valence-electron chi connectivity index (χ2n) is 8.54. The van der Waals surface area contributed by atoms with Crippen LogP contribution in [0.1, 0.15) is 42.6 Å². The van der Waals surface area contributed by atoms with Gasteiger partial charge in [0.1, 0.15) is 23.6 Å². The number of hydrogen-bond acceptors (Lipinski definition) is 5. The van der Waals surface area contributed by atoms with Crippen LogP contribution < -0.4 is 14.3 Å². The first-order valence-electron chi connectivity index (χ1n) is 12.3. The van der Waals surface area contributed by atoms with Crippen LogP contribution in [0.4, 0.5) is 0 Å². The smallest absolute Gasteiger partial charge is 0.254 e. The van der Waals surface area contributed by atoms with Crippen molar-refractivity contribution in [2.45, 2.75) is 33.2 Å². The van der Waals surface area contributed by atoms with Crippen LogP contribution in [-0.4, -0.2) is 47.9 Å². The van der Waals surface area contributed by atoms with Crippen molar-refractivity contribution in [3.63, 3.8) is 0 Å². The van der Waals surface area contributed by atoms with Crippen molar-refractivity contribution < 1.29 is 19.1 Å². The Labute approximate surface area is 212 Å². The van der Waals surface area contributed by atoms with E-state index in [-0.39, 0.29) is 5.91 Å². The lowest BCUT2D eigenvalue weighted by atomic mass is 10.1. The molecule has 7 nitrogen and oxygen atoms in total. The quantitative estimate of drug-likeness (QED) is 0.275. The van der Waals surface area contributed by atoms with Crippen molar-refractivity contribution in [2.75, 3.05) is 27.4 Å². The summed E-state index contributed by atoms with van der Waals surface area (Å²) >= 11 is 0. The van der Waals surface area contributed by atoms with Gasteiger partial charge in [0.2, 0.25) is 0 Å². The highest BCUT2D eigenvalue weighted by molar-refractivity contribution is 5.98. The number of amides is 1. The Kier molecular flexibility index (Phi) is 8.10. The Morgan fingerprint density at radius 1 is 0.944 bits per heavy atom. The van der Waals surface area contributed by atoms with Crippen LogP contribution in [0.2, 0.25) is 0 Å². The molecule has 0 unspecified atom stereocenters. The van der Waals surface area contributed by atoms with Crippen molar-refractivity contribution >= 4 is 16.9 Å². The Bertz CT molecular complexity index is 1320. The number of carbonyl (C=O) groups is 1. The van der Waals surface area contributed by atoms with E-state index in [1.54, 1.807) is 19.0 Å². The van der Waals surface area contributed by atoms with Crippen LogP contribution in [0.5, 0.6) is 11.5 Å². The number of methoxy groups -OCH3 is 2. The molecule has 0 N–H and O–H groups in total. The first-order valence-corrected chi connectivity index (χ1v) is 12.3. The maximum absolute atomic E-state index is 13.7. The summed E-state index contributed by atoms with van der Waals surface area (Å²) in [4.78, 5) is 26.4. The molecule has 4 rings (SSSR count). The average molecular weight is 488 g/mol. The van der Waals surface area contributed by atoms with Crippen molar-refractivity contribution in [2.24, 2.45) is 0 Å². The highest BCUT2D eigenvalue weighted by atomic mass is 16.7. The molecule has 0 atom stereocenters. The van der Waals surface area contributed by atoms with E-state index in [4.69, 9.17) is 19.3 Å². The predicted octanol–water partition coefficient (Wildman–Crippen LogP) is 5.61. The Hall–Kier alpha value is -4.00. The van der Waals surface area contributed by atoms with Gasteiger partial charge in [0.05, 0.1) is 19.7 Å². The molecule has 188 valence electrons. The minimum absolute atomic E-state index is 0.0545. The number of hydrogen-bond donors (Lipinski definition) is 0. The molecule has 36 heavy (non-hydrogen) atoms. The number of aromatic nitrogens is 2.